The molecular weight excluding hydrogens is 341 g/mol. The highest BCUT2D eigenvalue weighted by molar-refractivity contribution is 5.95. The fourth-order valence-electron chi connectivity index (χ4n) is 4.02. The number of nitrogens with zero attached hydrogens (tertiary/aromatic N) is 3. The van der Waals surface area contributed by atoms with E-state index < -0.39 is 11.9 Å². The molecule has 0 unspecified atom stereocenters. The zero-order valence-electron chi connectivity index (χ0n) is 14.0. The molecule has 7 heteroatoms. The molecule has 1 saturated carbocycles. The highest BCUT2D eigenvalue weighted by atomic mass is 19.4. The summed E-state index contributed by atoms with van der Waals surface area (Å²) < 4.78 is 39.6. The average molecular weight is 358 g/mol. The lowest BCUT2D eigenvalue weighted by Crippen LogP contribution is -2.20. The zero-order chi connectivity index (χ0) is 17.9. The number of H-pyrrole nitrogens is 1. The number of fused-ring (bicyclic) bond motifs is 1. The number of alkyl halides is 3. The Hall–Kier alpha value is -2.57. The molecule has 1 aliphatic carbocycles. The Morgan fingerprint density at radius 3 is 2.69 bits per heavy atom. The van der Waals surface area contributed by atoms with Crippen molar-refractivity contribution in [3.8, 4) is 11.1 Å². The van der Waals surface area contributed by atoms with E-state index in [1.54, 1.807) is 24.4 Å². The van der Waals surface area contributed by atoms with Crippen LogP contribution in [0.4, 0.5) is 18.9 Å². The minimum absolute atomic E-state index is 0.0642. The van der Waals surface area contributed by atoms with Crippen molar-refractivity contribution in [3.05, 3.63) is 42.4 Å². The van der Waals surface area contributed by atoms with Gasteiger partial charge in [0.25, 0.3) is 0 Å². The van der Waals surface area contributed by atoms with Gasteiger partial charge in [0.2, 0.25) is 0 Å². The molecule has 3 aromatic rings. The van der Waals surface area contributed by atoms with Gasteiger partial charge in [0.15, 0.2) is 0 Å². The number of aromatic nitrogens is 3. The summed E-state index contributed by atoms with van der Waals surface area (Å²) in [5.74, 6) is 0. The minimum Gasteiger partial charge on any atom is -0.370 e. The first-order valence-corrected chi connectivity index (χ1v) is 8.70. The van der Waals surface area contributed by atoms with Crippen molar-refractivity contribution in [2.24, 2.45) is 5.41 Å². The lowest BCUT2D eigenvalue weighted by atomic mass is 10.0. The van der Waals surface area contributed by atoms with Gasteiger partial charge < -0.3 is 4.90 Å². The van der Waals surface area contributed by atoms with Crippen LogP contribution in [-0.2, 0) is 6.18 Å². The van der Waals surface area contributed by atoms with Crippen LogP contribution in [0.3, 0.4) is 0 Å². The summed E-state index contributed by atoms with van der Waals surface area (Å²) in [6.45, 7) is 2.01. The summed E-state index contributed by atoms with van der Waals surface area (Å²) in [6.07, 6.45) is 2.29. The first-order valence-electron chi connectivity index (χ1n) is 8.70. The number of nitrogens with one attached hydrogen (secondary N) is 1. The Labute approximate surface area is 148 Å². The Balaban J connectivity index is 1.61. The molecule has 1 aromatic carbocycles. The molecule has 1 N–H and O–H groups in total. The van der Waals surface area contributed by atoms with Crippen LogP contribution in [0.15, 0.2) is 36.7 Å². The molecule has 2 aliphatic rings. The Morgan fingerprint density at radius 1 is 1.12 bits per heavy atom. The summed E-state index contributed by atoms with van der Waals surface area (Å²) >= 11 is 0. The molecule has 1 saturated heterocycles. The van der Waals surface area contributed by atoms with Crippen molar-refractivity contribution in [2.45, 2.75) is 25.4 Å². The SMILES string of the molecule is FC(F)(F)c1[nH]ncc1-c1ccc2nccc(N3CCC4(CC4)C3)c2c1. The van der Waals surface area contributed by atoms with Crippen LogP contribution in [0.25, 0.3) is 22.0 Å². The van der Waals surface area contributed by atoms with Gasteiger partial charge in [-0.3, -0.25) is 10.1 Å². The van der Waals surface area contributed by atoms with Crippen molar-refractivity contribution in [3.63, 3.8) is 0 Å². The maximum absolute atomic E-state index is 13.2. The Kier molecular flexibility index (Phi) is 3.14. The highest BCUT2D eigenvalue weighted by Gasteiger charge is 2.47. The van der Waals surface area contributed by atoms with Gasteiger partial charge in [-0.05, 0) is 48.4 Å². The number of anilines is 1. The van der Waals surface area contributed by atoms with E-state index in [2.05, 4.69) is 20.1 Å². The van der Waals surface area contributed by atoms with E-state index in [1.807, 2.05) is 6.07 Å². The second-order valence-electron chi connectivity index (χ2n) is 7.39. The zero-order valence-corrected chi connectivity index (χ0v) is 14.0. The van der Waals surface area contributed by atoms with Crippen LogP contribution in [0.2, 0.25) is 0 Å². The van der Waals surface area contributed by atoms with E-state index in [9.17, 15) is 13.2 Å². The van der Waals surface area contributed by atoms with E-state index in [-0.39, 0.29) is 5.56 Å². The molecule has 2 aromatic heterocycles. The summed E-state index contributed by atoms with van der Waals surface area (Å²) in [5, 5.41) is 6.57. The smallest absolute Gasteiger partial charge is 0.370 e. The minimum atomic E-state index is -4.47. The van der Waals surface area contributed by atoms with Crippen LogP contribution < -0.4 is 4.90 Å². The van der Waals surface area contributed by atoms with Gasteiger partial charge >= 0.3 is 6.18 Å². The van der Waals surface area contributed by atoms with Gasteiger partial charge in [-0.25, -0.2) is 0 Å². The van der Waals surface area contributed by atoms with Crippen molar-refractivity contribution in [2.75, 3.05) is 18.0 Å². The van der Waals surface area contributed by atoms with Crippen LogP contribution in [0.5, 0.6) is 0 Å². The van der Waals surface area contributed by atoms with Gasteiger partial charge in [0, 0.05) is 35.9 Å². The van der Waals surface area contributed by atoms with Gasteiger partial charge in [0.05, 0.1) is 11.7 Å². The lowest BCUT2D eigenvalue weighted by molar-refractivity contribution is -0.140. The second-order valence-corrected chi connectivity index (χ2v) is 7.39. The van der Waals surface area contributed by atoms with Crippen LogP contribution >= 0.6 is 0 Å². The van der Waals surface area contributed by atoms with Crippen LogP contribution in [0.1, 0.15) is 25.0 Å². The summed E-state index contributed by atoms with van der Waals surface area (Å²) in [5.41, 5.74) is 2.06. The number of hydrogen-bond donors (Lipinski definition) is 1. The molecule has 134 valence electrons. The van der Waals surface area contributed by atoms with Gasteiger partial charge in [-0.2, -0.15) is 18.3 Å². The molecule has 3 heterocycles. The summed E-state index contributed by atoms with van der Waals surface area (Å²) in [7, 11) is 0. The van der Waals surface area contributed by atoms with Crippen LogP contribution in [-0.4, -0.2) is 28.3 Å². The number of pyridine rings is 1. The molecule has 1 spiro atoms. The summed E-state index contributed by atoms with van der Waals surface area (Å²) in [6, 6.07) is 7.22. The van der Waals surface area contributed by atoms with Gasteiger partial charge in [0.1, 0.15) is 5.69 Å². The molecule has 4 nitrogen and oxygen atoms in total. The molecule has 0 atom stereocenters. The predicted octanol–water partition coefficient (Wildman–Crippen LogP) is 4.63. The quantitative estimate of drug-likeness (QED) is 0.726. The maximum Gasteiger partial charge on any atom is 0.433 e. The number of halogens is 3. The number of hydrogen-bond acceptors (Lipinski definition) is 3. The molecule has 2 fully saturated rings. The highest BCUT2D eigenvalue weighted by Crippen LogP contribution is 2.53. The molecule has 0 bridgehead atoms. The van der Waals surface area contributed by atoms with Crippen molar-refractivity contribution < 1.29 is 13.2 Å². The molecule has 26 heavy (non-hydrogen) atoms. The average Bonchev–Trinajstić information content (AvgIpc) is 3.03. The fraction of sp³-hybridized carbons (Fsp3) is 0.368. The fourth-order valence-corrected chi connectivity index (χ4v) is 4.02. The Morgan fingerprint density at radius 2 is 1.96 bits per heavy atom. The largest absolute Gasteiger partial charge is 0.433 e. The summed E-state index contributed by atoms with van der Waals surface area (Å²) in [4.78, 5) is 6.73. The van der Waals surface area contributed by atoms with E-state index in [0.29, 0.717) is 11.0 Å². The number of rotatable bonds is 2. The maximum atomic E-state index is 13.2. The third-order valence-corrected chi connectivity index (χ3v) is 5.69. The molecule has 0 radical (unpaired) electrons. The molecular formula is C19H17F3N4. The standard InChI is InChI=1S/C19H17F3N4/c20-19(21,22)17-14(10-24-25-17)12-1-2-15-13(9-12)16(3-7-23-15)26-8-6-18(11-26)4-5-18/h1-3,7,9-10H,4-6,8,11H2,(H,24,25). The first kappa shape index (κ1) is 15.7. The number of benzene rings is 1. The Bertz CT molecular complexity index is 988. The van der Waals surface area contributed by atoms with E-state index in [4.69, 9.17) is 0 Å². The molecule has 5 rings (SSSR count). The lowest BCUT2D eigenvalue weighted by Gasteiger charge is -2.21. The van der Waals surface area contributed by atoms with Crippen molar-refractivity contribution >= 4 is 16.6 Å². The normalized spacial score (nSPS) is 18.8. The van der Waals surface area contributed by atoms with E-state index in [1.165, 1.54) is 25.5 Å². The third kappa shape index (κ3) is 2.45. The van der Waals surface area contributed by atoms with Crippen LogP contribution in [0, 0.1) is 5.41 Å². The van der Waals surface area contributed by atoms with E-state index in [0.717, 1.165) is 29.7 Å². The first-order chi connectivity index (χ1) is 12.5. The van der Waals surface area contributed by atoms with Crippen molar-refractivity contribution in [1.82, 2.24) is 15.2 Å². The number of aromatic amines is 1. The third-order valence-electron chi connectivity index (χ3n) is 5.69. The van der Waals surface area contributed by atoms with Crippen molar-refractivity contribution in [1.29, 1.82) is 0 Å². The molecule has 1 aliphatic heterocycles. The molecule has 0 amide bonds. The van der Waals surface area contributed by atoms with Gasteiger partial charge in [-0.15, -0.1) is 0 Å². The second kappa shape index (κ2) is 5.22. The topological polar surface area (TPSA) is 44.8 Å². The predicted molar refractivity (Wildman–Crippen MR) is 92.8 cm³/mol. The van der Waals surface area contributed by atoms with E-state index >= 15 is 0 Å². The monoisotopic (exact) mass is 358 g/mol. The van der Waals surface area contributed by atoms with Gasteiger partial charge in [-0.1, -0.05) is 6.07 Å².